The topological polar surface area (TPSA) is 85.5 Å². The highest BCUT2D eigenvalue weighted by molar-refractivity contribution is 7.99. The molecule has 0 saturated carbocycles. The molecule has 3 rings (SSSR count). The third kappa shape index (κ3) is 4.51. The predicted molar refractivity (Wildman–Crippen MR) is 109 cm³/mol. The smallest absolute Gasteiger partial charge is 0.230 e. The van der Waals surface area contributed by atoms with Gasteiger partial charge in [0.2, 0.25) is 5.91 Å². The van der Waals surface area contributed by atoms with E-state index in [1.807, 2.05) is 25.1 Å². The Morgan fingerprint density at radius 1 is 1.07 bits per heavy atom. The third-order valence-electron chi connectivity index (χ3n) is 4.22. The van der Waals surface area contributed by atoms with Gasteiger partial charge < -0.3 is 24.5 Å². The van der Waals surface area contributed by atoms with Gasteiger partial charge >= 0.3 is 0 Å². The predicted octanol–water partition coefficient (Wildman–Crippen LogP) is 3.31. The molecule has 3 aromatic rings. The maximum Gasteiger partial charge on any atom is 0.230 e. The van der Waals surface area contributed by atoms with E-state index in [0.29, 0.717) is 23.8 Å². The van der Waals surface area contributed by atoms with E-state index in [0.717, 1.165) is 27.3 Å². The second-order valence-corrected chi connectivity index (χ2v) is 7.11. The number of rotatable bonds is 8. The van der Waals surface area contributed by atoms with E-state index in [2.05, 4.69) is 15.3 Å². The molecule has 0 aliphatic heterocycles. The van der Waals surface area contributed by atoms with E-state index in [1.165, 1.54) is 11.8 Å². The van der Waals surface area contributed by atoms with Gasteiger partial charge in [0.1, 0.15) is 5.75 Å². The molecule has 0 unspecified atom stereocenters. The Labute approximate surface area is 167 Å². The summed E-state index contributed by atoms with van der Waals surface area (Å²) < 4.78 is 16.0. The minimum absolute atomic E-state index is 0.0986. The lowest BCUT2D eigenvalue weighted by molar-refractivity contribution is -0.118. The fraction of sp³-hybridized carbons (Fsp3) is 0.300. The van der Waals surface area contributed by atoms with Gasteiger partial charge in [0.15, 0.2) is 16.7 Å². The van der Waals surface area contributed by atoms with Gasteiger partial charge in [0.05, 0.1) is 38.1 Å². The monoisotopic (exact) mass is 401 g/mol. The summed E-state index contributed by atoms with van der Waals surface area (Å²) in [6.45, 7) is 2.35. The Hall–Kier alpha value is -2.87. The molecule has 0 bridgehead atoms. The molecular weight excluding hydrogens is 378 g/mol. The molecule has 8 heteroatoms. The van der Waals surface area contributed by atoms with Crippen LogP contribution < -0.4 is 19.5 Å². The summed E-state index contributed by atoms with van der Waals surface area (Å²) in [5.74, 6) is 1.94. The normalized spacial score (nSPS) is 10.7. The number of amides is 1. The largest absolute Gasteiger partial charge is 0.496 e. The molecule has 7 nitrogen and oxygen atoms in total. The van der Waals surface area contributed by atoms with Gasteiger partial charge in [-0.2, -0.15) is 0 Å². The molecule has 2 N–H and O–H groups in total. The standard InChI is InChI=1S/C20H23N3O4S/c1-12-5-6-14-15(7-12)23-20(22-14)28-11-19(24)21-10-13-8-17(26-3)18(27-4)9-16(13)25-2/h5-9H,10-11H2,1-4H3,(H,21,24)(H,22,23). The maximum absolute atomic E-state index is 12.3. The average Bonchev–Trinajstić information content (AvgIpc) is 3.11. The number of benzene rings is 2. The van der Waals surface area contributed by atoms with Gasteiger partial charge in [0.25, 0.3) is 0 Å². The van der Waals surface area contributed by atoms with Crippen LogP contribution in [0.5, 0.6) is 17.2 Å². The van der Waals surface area contributed by atoms with Crippen molar-refractivity contribution >= 4 is 28.7 Å². The first-order chi connectivity index (χ1) is 13.5. The van der Waals surface area contributed by atoms with E-state index < -0.39 is 0 Å². The van der Waals surface area contributed by atoms with Crippen molar-refractivity contribution in [1.29, 1.82) is 0 Å². The lowest BCUT2D eigenvalue weighted by atomic mass is 10.1. The van der Waals surface area contributed by atoms with E-state index in [4.69, 9.17) is 14.2 Å². The molecule has 0 fully saturated rings. The first-order valence-electron chi connectivity index (χ1n) is 8.68. The molecule has 148 valence electrons. The van der Waals surface area contributed by atoms with Crippen molar-refractivity contribution < 1.29 is 19.0 Å². The van der Waals surface area contributed by atoms with Gasteiger partial charge in [-0.15, -0.1) is 0 Å². The summed E-state index contributed by atoms with van der Waals surface area (Å²) in [6, 6.07) is 9.56. The number of aromatic amines is 1. The van der Waals surface area contributed by atoms with Gasteiger partial charge in [-0.05, 0) is 30.7 Å². The molecule has 0 aliphatic rings. The zero-order chi connectivity index (χ0) is 20.1. The highest BCUT2D eigenvalue weighted by atomic mass is 32.2. The van der Waals surface area contributed by atoms with Crippen molar-refractivity contribution in [3.05, 3.63) is 41.5 Å². The number of imidazole rings is 1. The van der Waals surface area contributed by atoms with Gasteiger partial charge in [0, 0.05) is 18.2 Å². The van der Waals surface area contributed by atoms with Crippen LogP contribution in [0.3, 0.4) is 0 Å². The summed E-state index contributed by atoms with van der Waals surface area (Å²) in [4.78, 5) is 20.0. The van der Waals surface area contributed by atoms with Crippen molar-refractivity contribution in [3.63, 3.8) is 0 Å². The van der Waals surface area contributed by atoms with Crippen LogP contribution in [0, 0.1) is 6.92 Å². The Morgan fingerprint density at radius 3 is 2.50 bits per heavy atom. The SMILES string of the molecule is COc1cc(OC)c(OC)cc1CNC(=O)CSc1nc2ccc(C)cc2[nH]1. The molecule has 0 radical (unpaired) electrons. The molecule has 1 heterocycles. The molecule has 1 amide bonds. The molecule has 1 aromatic heterocycles. The van der Waals surface area contributed by atoms with Crippen molar-refractivity contribution in [2.75, 3.05) is 27.1 Å². The third-order valence-corrected chi connectivity index (χ3v) is 5.09. The second kappa shape index (κ2) is 8.88. The summed E-state index contributed by atoms with van der Waals surface area (Å²) in [5, 5.41) is 3.62. The molecule has 28 heavy (non-hydrogen) atoms. The second-order valence-electron chi connectivity index (χ2n) is 6.15. The van der Waals surface area contributed by atoms with Crippen LogP contribution >= 0.6 is 11.8 Å². The lowest BCUT2D eigenvalue weighted by Crippen LogP contribution is -2.24. The fourth-order valence-electron chi connectivity index (χ4n) is 2.78. The molecule has 0 aliphatic carbocycles. The first kappa shape index (κ1) is 19.9. The van der Waals surface area contributed by atoms with E-state index >= 15 is 0 Å². The summed E-state index contributed by atoms with van der Waals surface area (Å²) in [7, 11) is 4.71. The average molecular weight is 401 g/mol. The summed E-state index contributed by atoms with van der Waals surface area (Å²) in [5.41, 5.74) is 3.83. The highest BCUT2D eigenvalue weighted by Gasteiger charge is 2.13. The van der Waals surface area contributed by atoms with Gasteiger partial charge in [-0.1, -0.05) is 17.8 Å². The van der Waals surface area contributed by atoms with Crippen molar-refractivity contribution in [3.8, 4) is 17.2 Å². The Balaban J connectivity index is 1.60. The number of hydrogen-bond acceptors (Lipinski definition) is 6. The van der Waals surface area contributed by atoms with Gasteiger partial charge in [-0.25, -0.2) is 4.98 Å². The van der Waals surface area contributed by atoms with Crippen LogP contribution in [0.4, 0.5) is 0 Å². The van der Waals surface area contributed by atoms with E-state index in [9.17, 15) is 4.79 Å². The highest BCUT2D eigenvalue weighted by Crippen LogP contribution is 2.34. The molecular formula is C20H23N3O4S. The number of ether oxygens (including phenoxy) is 3. The number of carbonyl (C=O) groups is 1. The van der Waals surface area contributed by atoms with Crippen LogP contribution in [0.25, 0.3) is 11.0 Å². The first-order valence-corrected chi connectivity index (χ1v) is 9.67. The summed E-state index contributed by atoms with van der Waals surface area (Å²) >= 11 is 1.36. The minimum atomic E-state index is -0.0986. The number of aryl methyl sites for hydroxylation is 1. The van der Waals surface area contributed by atoms with Crippen LogP contribution in [-0.2, 0) is 11.3 Å². The Bertz CT molecular complexity index is 987. The van der Waals surface area contributed by atoms with Crippen molar-refractivity contribution in [2.45, 2.75) is 18.6 Å². The quantitative estimate of drug-likeness (QED) is 0.564. The number of aromatic nitrogens is 2. The number of H-pyrrole nitrogens is 1. The maximum atomic E-state index is 12.3. The van der Waals surface area contributed by atoms with E-state index in [-0.39, 0.29) is 11.7 Å². The molecule has 0 atom stereocenters. The molecule has 2 aromatic carbocycles. The number of thioether (sulfide) groups is 1. The van der Waals surface area contributed by atoms with Crippen molar-refractivity contribution in [1.82, 2.24) is 15.3 Å². The molecule has 0 spiro atoms. The number of nitrogens with one attached hydrogen (secondary N) is 2. The number of hydrogen-bond donors (Lipinski definition) is 2. The minimum Gasteiger partial charge on any atom is -0.496 e. The number of fused-ring (bicyclic) bond motifs is 1. The van der Waals surface area contributed by atoms with Gasteiger partial charge in [-0.3, -0.25) is 4.79 Å². The number of nitrogens with zero attached hydrogens (tertiary/aromatic N) is 1. The van der Waals surface area contributed by atoms with Crippen LogP contribution in [-0.4, -0.2) is 43.0 Å². The van der Waals surface area contributed by atoms with Crippen LogP contribution in [0.2, 0.25) is 0 Å². The zero-order valence-corrected chi connectivity index (χ0v) is 17.1. The summed E-state index contributed by atoms with van der Waals surface area (Å²) in [6.07, 6.45) is 0. The molecule has 0 saturated heterocycles. The van der Waals surface area contributed by atoms with Crippen LogP contribution in [0.1, 0.15) is 11.1 Å². The lowest BCUT2D eigenvalue weighted by Gasteiger charge is -2.14. The number of methoxy groups -OCH3 is 3. The Morgan fingerprint density at radius 2 is 1.79 bits per heavy atom. The number of carbonyl (C=O) groups excluding carboxylic acids is 1. The fourth-order valence-corrected chi connectivity index (χ4v) is 3.49. The Kier molecular flexibility index (Phi) is 6.30. The zero-order valence-electron chi connectivity index (χ0n) is 16.3. The van der Waals surface area contributed by atoms with Crippen LogP contribution in [0.15, 0.2) is 35.5 Å². The van der Waals surface area contributed by atoms with Crippen molar-refractivity contribution in [2.24, 2.45) is 0 Å². The van der Waals surface area contributed by atoms with E-state index in [1.54, 1.807) is 33.5 Å².